The van der Waals surface area contributed by atoms with E-state index in [1.807, 2.05) is 0 Å². The summed E-state index contributed by atoms with van der Waals surface area (Å²) in [6.07, 6.45) is 1.77. The van der Waals surface area contributed by atoms with Crippen LogP contribution in [0.5, 0.6) is 0 Å². The molecule has 1 heterocycles. The Balaban J connectivity index is 2.12. The van der Waals surface area contributed by atoms with Gasteiger partial charge in [0.15, 0.2) is 0 Å². The van der Waals surface area contributed by atoms with E-state index in [0.29, 0.717) is 30.3 Å². The molecule has 0 atom stereocenters. The highest BCUT2D eigenvalue weighted by molar-refractivity contribution is 7.90. The average molecular weight is 296 g/mol. The molecule has 2 rings (SSSR count). The first-order valence-corrected chi connectivity index (χ1v) is 8.05. The summed E-state index contributed by atoms with van der Waals surface area (Å²) < 4.78 is 28.6. The second kappa shape index (κ2) is 5.80. The number of hydrogen-bond donors (Lipinski definition) is 3. The number of amidine groups is 1. The SMILES string of the molecule is CC1CCN(S(=O)(=O)Nc2cccc(C(=N)N)c2)CC1. The molecule has 6 nitrogen and oxygen atoms in total. The van der Waals surface area contributed by atoms with Crippen molar-refractivity contribution in [2.75, 3.05) is 17.8 Å². The molecule has 4 N–H and O–H groups in total. The van der Waals surface area contributed by atoms with E-state index in [2.05, 4.69) is 11.6 Å². The average Bonchev–Trinajstić information content (AvgIpc) is 2.39. The Morgan fingerprint density at radius 1 is 1.40 bits per heavy atom. The van der Waals surface area contributed by atoms with Gasteiger partial charge in [0, 0.05) is 18.7 Å². The number of piperidine rings is 1. The summed E-state index contributed by atoms with van der Waals surface area (Å²) in [5.74, 6) is 0.486. The van der Waals surface area contributed by atoms with Crippen molar-refractivity contribution in [2.24, 2.45) is 11.7 Å². The van der Waals surface area contributed by atoms with Crippen molar-refractivity contribution in [2.45, 2.75) is 19.8 Å². The molecular weight excluding hydrogens is 276 g/mol. The highest BCUT2D eigenvalue weighted by atomic mass is 32.2. The van der Waals surface area contributed by atoms with Crippen LogP contribution >= 0.6 is 0 Å². The molecule has 0 saturated carbocycles. The molecule has 1 saturated heterocycles. The first-order valence-electron chi connectivity index (χ1n) is 6.61. The van der Waals surface area contributed by atoms with Gasteiger partial charge in [0.25, 0.3) is 0 Å². The first-order chi connectivity index (χ1) is 9.38. The third-order valence-electron chi connectivity index (χ3n) is 3.50. The zero-order valence-electron chi connectivity index (χ0n) is 11.5. The summed E-state index contributed by atoms with van der Waals surface area (Å²) in [6, 6.07) is 6.55. The second-order valence-electron chi connectivity index (χ2n) is 5.18. The summed E-state index contributed by atoms with van der Waals surface area (Å²) in [4.78, 5) is 0. The number of anilines is 1. The van der Waals surface area contributed by atoms with Crippen molar-refractivity contribution < 1.29 is 8.42 Å². The minimum Gasteiger partial charge on any atom is -0.384 e. The maximum Gasteiger partial charge on any atom is 0.301 e. The number of hydrogen-bond acceptors (Lipinski definition) is 3. The topological polar surface area (TPSA) is 99.3 Å². The molecule has 1 aliphatic heterocycles. The Hall–Kier alpha value is -1.60. The fourth-order valence-corrected chi connectivity index (χ4v) is 3.43. The van der Waals surface area contributed by atoms with E-state index < -0.39 is 10.2 Å². The zero-order chi connectivity index (χ0) is 14.8. The predicted molar refractivity (Wildman–Crippen MR) is 80.0 cm³/mol. The fraction of sp³-hybridized carbons (Fsp3) is 0.462. The Morgan fingerprint density at radius 2 is 2.05 bits per heavy atom. The lowest BCUT2D eigenvalue weighted by atomic mass is 10.0. The van der Waals surface area contributed by atoms with Crippen LogP contribution in [0.3, 0.4) is 0 Å². The molecular formula is C13H20N4O2S. The summed E-state index contributed by atoms with van der Waals surface area (Å²) in [6.45, 7) is 3.22. The molecule has 0 bridgehead atoms. The third kappa shape index (κ3) is 3.49. The van der Waals surface area contributed by atoms with Crippen molar-refractivity contribution >= 4 is 21.7 Å². The minimum absolute atomic E-state index is 0.0853. The first kappa shape index (κ1) is 14.8. The smallest absolute Gasteiger partial charge is 0.301 e. The summed E-state index contributed by atoms with van der Waals surface area (Å²) in [5.41, 5.74) is 6.32. The van der Waals surface area contributed by atoms with Crippen LogP contribution in [0.15, 0.2) is 24.3 Å². The molecule has 0 radical (unpaired) electrons. The van der Waals surface area contributed by atoms with Crippen LogP contribution in [-0.2, 0) is 10.2 Å². The van der Waals surface area contributed by atoms with Gasteiger partial charge in [0.1, 0.15) is 5.84 Å². The summed E-state index contributed by atoms with van der Waals surface area (Å²) in [5, 5.41) is 7.37. The predicted octanol–water partition coefficient (Wildman–Crippen LogP) is 1.36. The highest BCUT2D eigenvalue weighted by Gasteiger charge is 2.26. The van der Waals surface area contributed by atoms with Gasteiger partial charge in [-0.25, -0.2) is 0 Å². The van der Waals surface area contributed by atoms with E-state index in [4.69, 9.17) is 11.1 Å². The van der Waals surface area contributed by atoms with Gasteiger partial charge in [-0.1, -0.05) is 19.1 Å². The van der Waals surface area contributed by atoms with Crippen molar-refractivity contribution in [3.8, 4) is 0 Å². The second-order valence-corrected chi connectivity index (χ2v) is 6.85. The van der Waals surface area contributed by atoms with Crippen LogP contribution in [0.25, 0.3) is 0 Å². The molecule has 110 valence electrons. The van der Waals surface area contributed by atoms with Crippen LogP contribution in [0.2, 0.25) is 0 Å². The van der Waals surface area contributed by atoms with Gasteiger partial charge in [-0.2, -0.15) is 12.7 Å². The number of nitrogens with zero attached hydrogens (tertiary/aromatic N) is 1. The normalized spacial score (nSPS) is 17.9. The van der Waals surface area contributed by atoms with Crippen molar-refractivity contribution in [1.29, 1.82) is 5.41 Å². The van der Waals surface area contributed by atoms with E-state index in [0.717, 1.165) is 12.8 Å². The lowest BCUT2D eigenvalue weighted by molar-refractivity contribution is 0.289. The number of nitrogen functional groups attached to an aromatic ring is 1. The number of nitrogens with one attached hydrogen (secondary N) is 2. The fourth-order valence-electron chi connectivity index (χ4n) is 2.19. The molecule has 1 aliphatic rings. The van der Waals surface area contributed by atoms with Gasteiger partial charge >= 0.3 is 10.2 Å². The van der Waals surface area contributed by atoms with E-state index >= 15 is 0 Å². The molecule has 0 spiro atoms. The van der Waals surface area contributed by atoms with Crippen LogP contribution in [0.4, 0.5) is 5.69 Å². The Morgan fingerprint density at radius 3 is 2.65 bits per heavy atom. The maximum absolute atomic E-state index is 12.3. The lowest BCUT2D eigenvalue weighted by Gasteiger charge is -2.29. The Labute approximate surface area is 119 Å². The molecule has 0 unspecified atom stereocenters. The van der Waals surface area contributed by atoms with Crippen molar-refractivity contribution in [1.82, 2.24) is 4.31 Å². The van der Waals surface area contributed by atoms with Crippen LogP contribution in [0.1, 0.15) is 25.3 Å². The van der Waals surface area contributed by atoms with Gasteiger partial charge in [-0.3, -0.25) is 10.1 Å². The monoisotopic (exact) mass is 296 g/mol. The molecule has 0 aliphatic carbocycles. The van der Waals surface area contributed by atoms with Gasteiger partial charge < -0.3 is 5.73 Å². The standard InChI is InChI=1S/C13H20N4O2S/c1-10-5-7-17(8-6-10)20(18,19)16-12-4-2-3-11(9-12)13(14)15/h2-4,9-10,16H,5-8H2,1H3,(H3,14,15). The molecule has 1 aromatic carbocycles. The van der Waals surface area contributed by atoms with Crippen LogP contribution < -0.4 is 10.5 Å². The summed E-state index contributed by atoms with van der Waals surface area (Å²) in [7, 11) is -3.53. The molecule has 7 heteroatoms. The summed E-state index contributed by atoms with van der Waals surface area (Å²) >= 11 is 0. The van der Waals surface area contributed by atoms with Gasteiger partial charge in [-0.05, 0) is 30.9 Å². The maximum atomic E-state index is 12.3. The van der Waals surface area contributed by atoms with Crippen LogP contribution in [0, 0.1) is 11.3 Å². The third-order valence-corrected chi connectivity index (χ3v) is 5.04. The molecule has 1 fully saturated rings. The van der Waals surface area contributed by atoms with Crippen molar-refractivity contribution in [3.63, 3.8) is 0 Å². The highest BCUT2D eigenvalue weighted by Crippen LogP contribution is 2.20. The molecule has 1 aromatic rings. The van der Waals surface area contributed by atoms with Gasteiger partial charge in [0.2, 0.25) is 0 Å². The largest absolute Gasteiger partial charge is 0.384 e. The Bertz CT molecular complexity index is 592. The Kier molecular flexibility index (Phi) is 4.29. The molecule has 0 amide bonds. The minimum atomic E-state index is -3.53. The lowest BCUT2D eigenvalue weighted by Crippen LogP contribution is -2.41. The van der Waals surface area contributed by atoms with E-state index in [9.17, 15) is 8.42 Å². The van der Waals surface area contributed by atoms with Gasteiger partial charge in [-0.15, -0.1) is 0 Å². The molecule has 20 heavy (non-hydrogen) atoms. The van der Waals surface area contributed by atoms with Gasteiger partial charge in [0.05, 0.1) is 5.69 Å². The van der Waals surface area contributed by atoms with E-state index in [1.54, 1.807) is 24.3 Å². The number of rotatable bonds is 4. The number of benzene rings is 1. The van der Waals surface area contributed by atoms with Crippen molar-refractivity contribution in [3.05, 3.63) is 29.8 Å². The van der Waals surface area contributed by atoms with E-state index in [-0.39, 0.29) is 5.84 Å². The zero-order valence-corrected chi connectivity index (χ0v) is 12.3. The van der Waals surface area contributed by atoms with Crippen LogP contribution in [-0.4, -0.2) is 31.6 Å². The molecule has 0 aromatic heterocycles. The quantitative estimate of drug-likeness (QED) is 0.578. The number of nitrogens with two attached hydrogens (primary N) is 1. The van der Waals surface area contributed by atoms with E-state index in [1.165, 1.54) is 4.31 Å².